The van der Waals surface area contributed by atoms with E-state index in [0.717, 1.165) is 32.5 Å². The van der Waals surface area contributed by atoms with Gasteiger partial charge in [0.1, 0.15) is 0 Å². The fourth-order valence-corrected chi connectivity index (χ4v) is 2.85. The summed E-state index contributed by atoms with van der Waals surface area (Å²) < 4.78 is 5.54. The van der Waals surface area contributed by atoms with Crippen molar-refractivity contribution in [3.05, 3.63) is 35.9 Å². The molecule has 4 heteroatoms. The van der Waals surface area contributed by atoms with E-state index in [4.69, 9.17) is 10.5 Å². The molecular weight excluding hydrogens is 250 g/mol. The molecule has 1 aliphatic carbocycles. The third-order valence-corrected chi connectivity index (χ3v) is 4.18. The van der Waals surface area contributed by atoms with E-state index in [1.54, 1.807) is 0 Å². The van der Waals surface area contributed by atoms with Gasteiger partial charge >= 0.3 is 0 Å². The molecule has 0 amide bonds. The summed E-state index contributed by atoms with van der Waals surface area (Å²) in [5.41, 5.74) is 7.32. The molecule has 0 bridgehead atoms. The molecule has 1 saturated heterocycles. The number of nitrogens with zero attached hydrogens (tertiary/aromatic N) is 1. The van der Waals surface area contributed by atoms with E-state index in [9.17, 15) is 0 Å². The smallest absolute Gasteiger partial charge is 0.188 e. The topological polar surface area (TPSA) is 59.6 Å². The first-order valence-electron chi connectivity index (χ1n) is 7.53. The second kappa shape index (κ2) is 6.27. The van der Waals surface area contributed by atoms with Gasteiger partial charge in [-0.3, -0.25) is 4.99 Å². The van der Waals surface area contributed by atoms with E-state index in [1.165, 1.54) is 12.0 Å². The van der Waals surface area contributed by atoms with Crippen LogP contribution < -0.4 is 11.1 Å². The maximum atomic E-state index is 5.90. The van der Waals surface area contributed by atoms with E-state index in [1.807, 2.05) is 0 Å². The van der Waals surface area contributed by atoms with Crippen molar-refractivity contribution in [1.82, 2.24) is 5.32 Å². The molecule has 0 radical (unpaired) electrons. The van der Waals surface area contributed by atoms with Crippen LogP contribution in [0.15, 0.2) is 35.3 Å². The summed E-state index contributed by atoms with van der Waals surface area (Å²) in [7, 11) is 0. The third-order valence-electron chi connectivity index (χ3n) is 4.18. The number of rotatable bonds is 5. The minimum absolute atomic E-state index is 0.307. The lowest BCUT2D eigenvalue weighted by Gasteiger charge is -2.10. The van der Waals surface area contributed by atoms with Crippen LogP contribution in [0.3, 0.4) is 0 Å². The Labute approximate surface area is 120 Å². The Balaban J connectivity index is 1.39. The lowest BCUT2D eigenvalue weighted by atomic mass is 10.1. The Kier molecular flexibility index (Phi) is 4.21. The molecule has 3 rings (SSSR count). The first-order valence-corrected chi connectivity index (χ1v) is 7.53. The maximum absolute atomic E-state index is 5.90. The fourth-order valence-electron chi connectivity index (χ4n) is 2.85. The van der Waals surface area contributed by atoms with Crippen molar-refractivity contribution in [2.75, 3.05) is 19.7 Å². The monoisotopic (exact) mass is 273 g/mol. The number of aliphatic imine (C=N–C) groups is 1. The largest absolute Gasteiger partial charge is 0.376 e. The zero-order chi connectivity index (χ0) is 13.8. The Hall–Kier alpha value is -1.55. The van der Waals surface area contributed by atoms with E-state index >= 15 is 0 Å². The van der Waals surface area contributed by atoms with Crippen LogP contribution in [-0.4, -0.2) is 31.8 Å². The zero-order valence-corrected chi connectivity index (χ0v) is 11.8. The molecule has 3 unspecified atom stereocenters. The minimum Gasteiger partial charge on any atom is -0.376 e. The number of benzene rings is 1. The van der Waals surface area contributed by atoms with Crippen molar-refractivity contribution in [2.45, 2.75) is 31.3 Å². The molecule has 1 aromatic rings. The zero-order valence-electron chi connectivity index (χ0n) is 11.8. The fraction of sp³-hybridized carbons (Fsp3) is 0.562. The van der Waals surface area contributed by atoms with E-state index in [2.05, 4.69) is 40.6 Å². The van der Waals surface area contributed by atoms with Gasteiger partial charge in [0.2, 0.25) is 0 Å². The second-order valence-electron chi connectivity index (χ2n) is 5.75. The molecule has 1 heterocycles. The van der Waals surface area contributed by atoms with Crippen LogP contribution in [0.2, 0.25) is 0 Å². The van der Waals surface area contributed by atoms with Gasteiger partial charge in [-0.2, -0.15) is 0 Å². The Bertz CT molecular complexity index is 454. The molecule has 1 aromatic carbocycles. The van der Waals surface area contributed by atoms with Crippen molar-refractivity contribution >= 4 is 5.96 Å². The van der Waals surface area contributed by atoms with Gasteiger partial charge in [-0.15, -0.1) is 0 Å². The highest BCUT2D eigenvalue weighted by Gasteiger charge is 2.37. The van der Waals surface area contributed by atoms with Crippen molar-refractivity contribution in [1.29, 1.82) is 0 Å². The van der Waals surface area contributed by atoms with Crippen molar-refractivity contribution < 1.29 is 4.74 Å². The lowest BCUT2D eigenvalue weighted by molar-refractivity contribution is 0.114. The molecule has 0 aromatic heterocycles. The predicted molar refractivity (Wildman–Crippen MR) is 80.8 cm³/mol. The van der Waals surface area contributed by atoms with Crippen molar-refractivity contribution in [2.24, 2.45) is 16.6 Å². The van der Waals surface area contributed by atoms with Gasteiger partial charge in [0.05, 0.1) is 6.10 Å². The highest BCUT2D eigenvalue weighted by Crippen LogP contribution is 2.47. The molecule has 2 fully saturated rings. The molecule has 2 aliphatic rings. The average Bonchev–Trinajstić information content (AvgIpc) is 3.08. The molecule has 3 N–H and O–H groups in total. The molecule has 1 saturated carbocycles. The van der Waals surface area contributed by atoms with Crippen LogP contribution in [0.4, 0.5) is 0 Å². The van der Waals surface area contributed by atoms with Crippen LogP contribution in [0, 0.1) is 5.92 Å². The van der Waals surface area contributed by atoms with E-state index in [0.29, 0.717) is 23.9 Å². The van der Waals surface area contributed by atoms with Crippen LogP contribution in [-0.2, 0) is 4.74 Å². The molecular formula is C16H23N3O. The highest BCUT2D eigenvalue weighted by atomic mass is 16.5. The summed E-state index contributed by atoms with van der Waals surface area (Å²) in [4.78, 5) is 4.45. The number of nitrogens with one attached hydrogen (secondary N) is 1. The van der Waals surface area contributed by atoms with Crippen LogP contribution in [0.25, 0.3) is 0 Å². The number of hydrogen-bond donors (Lipinski definition) is 2. The molecule has 20 heavy (non-hydrogen) atoms. The van der Waals surface area contributed by atoms with Gasteiger partial charge in [-0.05, 0) is 36.7 Å². The lowest BCUT2D eigenvalue weighted by Crippen LogP contribution is -2.37. The van der Waals surface area contributed by atoms with Crippen molar-refractivity contribution in [3.63, 3.8) is 0 Å². The van der Waals surface area contributed by atoms with Crippen LogP contribution >= 0.6 is 0 Å². The van der Waals surface area contributed by atoms with Gasteiger partial charge in [0.25, 0.3) is 0 Å². The standard InChI is InChI=1S/C16H23N3O/c17-16(19-11-14-7-4-8-20-14)18-10-13-9-15(13)12-5-2-1-3-6-12/h1-3,5-6,13-15H,4,7-11H2,(H3,17,18,19). The Morgan fingerprint density at radius 2 is 2.20 bits per heavy atom. The third kappa shape index (κ3) is 3.51. The van der Waals surface area contributed by atoms with Gasteiger partial charge in [-0.25, -0.2) is 0 Å². The summed E-state index contributed by atoms with van der Waals surface area (Å²) >= 11 is 0. The van der Waals surface area contributed by atoms with Gasteiger partial charge < -0.3 is 15.8 Å². The number of guanidine groups is 1. The van der Waals surface area contributed by atoms with Crippen LogP contribution in [0.5, 0.6) is 0 Å². The summed E-state index contributed by atoms with van der Waals surface area (Å²) in [6, 6.07) is 10.7. The predicted octanol–water partition coefficient (Wildman–Crippen LogP) is 1.87. The average molecular weight is 273 g/mol. The first kappa shape index (κ1) is 13.4. The second-order valence-corrected chi connectivity index (χ2v) is 5.75. The Morgan fingerprint density at radius 1 is 1.35 bits per heavy atom. The molecule has 3 atom stereocenters. The molecule has 0 spiro atoms. The van der Waals surface area contributed by atoms with Crippen molar-refractivity contribution in [3.8, 4) is 0 Å². The van der Waals surface area contributed by atoms with Gasteiger partial charge in [0, 0.05) is 19.7 Å². The summed E-state index contributed by atoms with van der Waals surface area (Å²) in [6.07, 6.45) is 3.82. The quantitative estimate of drug-likeness (QED) is 0.636. The normalized spacial score (nSPS) is 29.4. The van der Waals surface area contributed by atoms with E-state index < -0.39 is 0 Å². The number of ether oxygens (including phenoxy) is 1. The molecule has 108 valence electrons. The molecule has 1 aliphatic heterocycles. The first-order chi connectivity index (χ1) is 9.83. The van der Waals surface area contributed by atoms with E-state index in [-0.39, 0.29) is 0 Å². The summed E-state index contributed by atoms with van der Waals surface area (Å²) in [5.74, 6) is 1.88. The Morgan fingerprint density at radius 3 is 2.95 bits per heavy atom. The highest BCUT2D eigenvalue weighted by molar-refractivity contribution is 5.77. The maximum Gasteiger partial charge on any atom is 0.188 e. The number of nitrogens with two attached hydrogens (primary N) is 1. The summed E-state index contributed by atoms with van der Waals surface area (Å²) in [6.45, 7) is 2.48. The van der Waals surface area contributed by atoms with Gasteiger partial charge in [-0.1, -0.05) is 30.3 Å². The van der Waals surface area contributed by atoms with Gasteiger partial charge in [0.15, 0.2) is 5.96 Å². The van der Waals surface area contributed by atoms with Crippen LogP contribution in [0.1, 0.15) is 30.7 Å². The molecule has 4 nitrogen and oxygen atoms in total. The number of hydrogen-bond acceptors (Lipinski definition) is 2. The minimum atomic E-state index is 0.307. The summed E-state index contributed by atoms with van der Waals surface area (Å²) in [5, 5.41) is 3.17. The SMILES string of the molecule is NC(=NCC1CC1c1ccccc1)NCC1CCCO1.